The lowest BCUT2D eigenvalue weighted by atomic mass is 10.0. The molecule has 3 rings (SSSR count). The van der Waals surface area contributed by atoms with Crippen LogP contribution in [0.5, 0.6) is 5.75 Å². The van der Waals surface area contributed by atoms with Crippen molar-refractivity contribution in [3.63, 3.8) is 0 Å². The molecule has 1 heterocycles. The highest BCUT2D eigenvalue weighted by atomic mass is 16.5. The predicted octanol–water partition coefficient (Wildman–Crippen LogP) is 2.91. The van der Waals surface area contributed by atoms with Crippen molar-refractivity contribution in [1.82, 2.24) is 9.78 Å². The van der Waals surface area contributed by atoms with E-state index in [-0.39, 0.29) is 6.04 Å². The van der Waals surface area contributed by atoms with Crippen molar-refractivity contribution >= 4 is 0 Å². The Bertz CT molecular complexity index is 442. The van der Waals surface area contributed by atoms with E-state index in [0.29, 0.717) is 12.0 Å². The number of nitrogens with two attached hydrogens (primary N) is 1. The van der Waals surface area contributed by atoms with Crippen LogP contribution in [0.15, 0.2) is 6.20 Å². The molecule has 2 fully saturated rings. The van der Waals surface area contributed by atoms with Crippen LogP contribution in [0.3, 0.4) is 0 Å². The Hall–Kier alpha value is -1.03. The van der Waals surface area contributed by atoms with Gasteiger partial charge in [0, 0.05) is 6.04 Å². The summed E-state index contributed by atoms with van der Waals surface area (Å²) in [5.74, 6) is 3.20. The smallest absolute Gasteiger partial charge is 0.161 e. The fourth-order valence-electron chi connectivity index (χ4n) is 4.00. The van der Waals surface area contributed by atoms with Gasteiger partial charge in [-0.1, -0.05) is 12.8 Å². The molecule has 1 aromatic rings. The van der Waals surface area contributed by atoms with Gasteiger partial charge in [-0.3, -0.25) is 4.68 Å². The van der Waals surface area contributed by atoms with Crippen LogP contribution in [-0.2, 0) is 0 Å². The second kappa shape index (κ2) is 4.82. The summed E-state index contributed by atoms with van der Waals surface area (Å²) in [6.07, 6.45) is 7.29. The van der Waals surface area contributed by atoms with Crippen molar-refractivity contribution in [3.8, 4) is 5.75 Å². The molecule has 2 N–H and O–H groups in total. The van der Waals surface area contributed by atoms with Gasteiger partial charge in [0.25, 0.3) is 0 Å². The molecule has 4 heteroatoms. The summed E-state index contributed by atoms with van der Waals surface area (Å²) in [5, 5.41) is 4.45. The molecular formula is C15H25N3O. The number of methoxy groups -OCH3 is 1. The van der Waals surface area contributed by atoms with Gasteiger partial charge in [0.1, 0.15) is 0 Å². The van der Waals surface area contributed by atoms with Gasteiger partial charge in [-0.25, -0.2) is 0 Å². The summed E-state index contributed by atoms with van der Waals surface area (Å²) in [6.45, 7) is 4.28. The molecule has 106 valence electrons. The first-order chi connectivity index (χ1) is 9.15. The number of hydrogen-bond donors (Lipinski definition) is 1. The zero-order valence-electron chi connectivity index (χ0n) is 12.2. The molecular weight excluding hydrogens is 238 g/mol. The van der Waals surface area contributed by atoms with Crippen molar-refractivity contribution in [1.29, 1.82) is 0 Å². The molecule has 0 aromatic carbocycles. The van der Waals surface area contributed by atoms with Crippen LogP contribution < -0.4 is 10.5 Å². The van der Waals surface area contributed by atoms with E-state index in [0.717, 1.165) is 23.3 Å². The third kappa shape index (κ3) is 2.06. The van der Waals surface area contributed by atoms with Crippen LogP contribution in [0.4, 0.5) is 0 Å². The van der Waals surface area contributed by atoms with Crippen LogP contribution in [0.2, 0.25) is 0 Å². The van der Waals surface area contributed by atoms with E-state index in [2.05, 4.69) is 18.9 Å². The molecule has 1 aromatic heterocycles. The standard InChI is InChI=1S/C15H25N3O/c1-9(2)18-15(12(19-3)8-17-18)14(16)13-10-6-4-5-7-11(10)13/h8-11,13-14H,4-7,16H2,1-3H3. The highest BCUT2D eigenvalue weighted by Crippen LogP contribution is 2.60. The Morgan fingerprint density at radius 3 is 2.47 bits per heavy atom. The third-order valence-electron chi connectivity index (χ3n) is 4.96. The number of rotatable bonds is 4. The molecule has 3 unspecified atom stereocenters. The third-order valence-corrected chi connectivity index (χ3v) is 4.96. The minimum atomic E-state index is 0.0768. The predicted molar refractivity (Wildman–Crippen MR) is 75.0 cm³/mol. The van der Waals surface area contributed by atoms with Gasteiger partial charge < -0.3 is 10.5 Å². The molecule has 0 radical (unpaired) electrons. The highest BCUT2D eigenvalue weighted by Gasteiger charge is 2.54. The Morgan fingerprint density at radius 2 is 1.95 bits per heavy atom. The SMILES string of the molecule is COc1cnn(C(C)C)c1C(N)C1C2CCCCC21. The zero-order chi connectivity index (χ0) is 13.6. The summed E-state index contributed by atoms with van der Waals surface area (Å²) in [5.41, 5.74) is 7.67. The minimum absolute atomic E-state index is 0.0768. The van der Waals surface area contributed by atoms with Gasteiger partial charge in [-0.05, 0) is 44.4 Å². The van der Waals surface area contributed by atoms with Crippen LogP contribution in [0.1, 0.15) is 57.3 Å². The maximum atomic E-state index is 6.58. The van der Waals surface area contributed by atoms with E-state index in [1.54, 1.807) is 13.3 Å². The molecule has 2 saturated carbocycles. The number of ether oxygens (including phenoxy) is 1. The van der Waals surface area contributed by atoms with Crippen molar-refractivity contribution in [2.24, 2.45) is 23.5 Å². The second-order valence-corrected chi connectivity index (χ2v) is 6.35. The van der Waals surface area contributed by atoms with Crippen molar-refractivity contribution < 1.29 is 4.74 Å². The number of aromatic nitrogens is 2. The molecule has 3 atom stereocenters. The average Bonchev–Trinajstić information content (AvgIpc) is 2.96. The van der Waals surface area contributed by atoms with E-state index in [4.69, 9.17) is 10.5 Å². The fourth-order valence-corrected chi connectivity index (χ4v) is 4.00. The van der Waals surface area contributed by atoms with Gasteiger partial charge in [0.2, 0.25) is 0 Å². The summed E-state index contributed by atoms with van der Waals surface area (Å²) in [7, 11) is 1.71. The summed E-state index contributed by atoms with van der Waals surface area (Å²) >= 11 is 0. The molecule has 0 spiro atoms. The number of fused-ring (bicyclic) bond motifs is 1. The maximum Gasteiger partial charge on any atom is 0.161 e. The van der Waals surface area contributed by atoms with Crippen LogP contribution in [0.25, 0.3) is 0 Å². The number of nitrogens with zero attached hydrogens (tertiary/aromatic N) is 2. The fraction of sp³-hybridized carbons (Fsp3) is 0.800. The summed E-state index contributed by atoms with van der Waals surface area (Å²) in [4.78, 5) is 0. The Labute approximate surface area is 115 Å². The Morgan fingerprint density at radius 1 is 1.32 bits per heavy atom. The van der Waals surface area contributed by atoms with E-state index >= 15 is 0 Å². The molecule has 2 aliphatic carbocycles. The maximum absolute atomic E-state index is 6.58. The van der Waals surface area contributed by atoms with E-state index in [1.807, 2.05) is 4.68 Å². The molecule has 0 aliphatic heterocycles. The van der Waals surface area contributed by atoms with Gasteiger partial charge >= 0.3 is 0 Å². The van der Waals surface area contributed by atoms with Crippen molar-refractivity contribution in [2.75, 3.05) is 7.11 Å². The van der Waals surface area contributed by atoms with Crippen LogP contribution in [0, 0.1) is 17.8 Å². The van der Waals surface area contributed by atoms with E-state index < -0.39 is 0 Å². The minimum Gasteiger partial charge on any atom is -0.493 e. The van der Waals surface area contributed by atoms with Gasteiger partial charge in [0.05, 0.1) is 25.0 Å². The topological polar surface area (TPSA) is 53.1 Å². The van der Waals surface area contributed by atoms with Crippen molar-refractivity contribution in [2.45, 2.75) is 51.6 Å². The normalized spacial score (nSPS) is 31.1. The van der Waals surface area contributed by atoms with Crippen LogP contribution in [-0.4, -0.2) is 16.9 Å². The van der Waals surface area contributed by atoms with E-state index in [1.165, 1.54) is 25.7 Å². The van der Waals surface area contributed by atoms with Gasteiger partial charge in [0.15, 0.2) is 5.75 Å². The molecule has 0 amide bonds. The monoisotopic (exact) mass is 263 g/mol. The largest absolute Gasteiger partial charge is 0.493 e. The Balaban J connectivity index is 1.87. The highest BCUT2D eigenvalue weighted by molar-refractivity contribution is 5.31. The number of hydrogen-bond acceptors (Lipinski definition) is 3. The molecule has 4 nitrogen and oxygen atoms in total. The lowest BCUT2D eigenvalue weighted by Gasteiger charge is -2.18. The molecule has 0 saturated heterocycles. The first-order valence-electron chi connectivity index (χ1n) is 7.52. The van der Waals surface area contributed by atoms with Crippen LogP contribution >= 0.6 is 0 Å². The van der Waals surface area contributed by atoms with Gasteiger partial charge in [-0.2, -0.15) is 5.10 Å². The first kappa shape index (κ1) is 13.0. The quantitative estimate of drug-likeness (QED) is 0.908. The molecule has 0 bridgehead atoms. The van der Waals surface area contributed by atoms with Gasteiger partial charge in [-0.15, -0.1) is 0 Å². The first-order valence-corrected chi connectivity index (χ1v) is 7.52. The summed E-state index contributed by atoms with van der Waals surface area (Å²) in [6, 6.07) is 0.402. The second-order valence-electron chi connectivity index (χ2n) is 6.35. The lowest BCUT2D eigenvalue weighted by molar-refractivity contribution is 0.386. The Kier molecular flexibility index (Phi) is 3.29. The van der Waals surface area contributed by atoms with Crippen molar-refractivity contribution in [3.05, 3.63) is 11.9 Å². The average molecular weight is 263 g/mol. The summed E-state index contributed by atoms with van der Waals surface area (Å²) < 4.78 is 7.50. The molecule has 2 aliphatic rings. The van der Waals surface area contributed by atoms with E-state index in [9.17, 15) is 0 Å². The molecule has 19 heavy (non-hydrogen) atoms. The lowest BCUT2D eigenvalue weighted by Crippen LogP contribution is -2.21. The zero-order valence-corrected chi connectivity index (χ0v) is 12.2.